The summed E-state index contributed by atoms with van der Waals surface area (Å²) in [4.78, 5) is 33.5. The SMILES string of the molecule is O=C(OCc1ccc([N+](=O)[O-])cc1)C(O)N1CC(Br)C1=O. The van der Waals surface area contributed by atoms with E-state index in [1.165, 1.54) is 24.3 Å². The van der Waals surface area contributed by atoms with Crippen LogP contribution in [0.25, 0.3) is 0 Å². The van der Waals surface area contributed by atoms with Crippen molar-refractivity contribution in [2.24, 2.45) is 0 Å². The number of nitrogens with zero attached hydrogens (tertiary/aromatic N) is 2. The van der Waals surface area contributed by atoms with E-state index in [2.05, 4.69) is 15.9 Å². The third-order valence-corrected chi connectivity index (χ3v) is 3.62. The number of aliphatic hydroxyl groups is 1. The Balaban J connectivity index is 1.86. The number of likely N-dealkylation sites (tertiary alicyclic amines) is 1. The van der Waals surface area contributed by atoms with E-state index in [1.807, 2.05) is 0 Å². The maximum Gasteiger partial charge on any atom is 0.356 e. The summed E-state index contributed by atoms with van der Waals surface area (Å²) >= 11 is 3.07. The molecular formula is C12H11BrN2O6. The molecule has 1 heterocycles. The maximum absolute atomic E-state index is 11.6. The molecule has 9 heteroatoms. The number of carbonyl (C=O) groups excluding carboxylic acids is 2. The summed E-state index contributed by atoms with van der Waals surface area (Å²) in [6, 6.07) is 5.46. The van der Waals surface area contributed by atoms with Gasteiger partial charge in [-0.1, -0.05) is 15.9 Å². The maximum atomic E-state index is 11.6. The molecule has 1 aliphatic rings. The van der Waals surface area contributed by atoms with Crippen molar-refractivity contribution in [3.8, 4) is 0 Å². The van der Waals surface area contributed by atoms with Gasteiger partial charge in [-0.2, -0.15) is 0 Å². The minimum absolute atomic E-state index is 0.0698. The topological polar surface area (TPSA) is 110 Å². The van der Waals surface area contributed by atoms with Crippen molar-refractivity contribution < 1.29 is 24.4 Å². The summed E-state index contributed by atoms with van der Waals surface area (Å²) in [5.74, 6) is -1.32. The van der Waals surface area contributed by atoms with Crippen molar-refractivity contribution in [1.82, 2.24) is 4.90 Å². The largest absolute Gasteiger partial charge is 0.457 e. The molecule has 1 fully saturated rings. The van der Waals surface area contributed by atoms with Gasteiger partial charge in [-0.25, -0.2) is 4.79 Å². The van der Waals surface area contributed by atoms with Gasteiger partial charge in [0, 0.05) is 18.7 Å². The van der Waals surface area contributed by atoms with E-state index in [4.69, 9.17) is 4.74 Å². The van der Waals surface area contributed by atoms with Gasteiger partial charge in [0.15, 0.2) is 0 Å². The molecule has 0 spiro atoms. The Morgan fingerprint density at radius 1 is 1.52 bits per heavy atom. The van der Waals surface area contributed by atoms with Crippen LogP contribution in [0.1, 0.15) is 5.56 Å². The van der Waals surface area contributed by atoms with Gasteiger partial charge in [-0.05, 0) is 17.7 Å². The highest BCUT2D eigenvalue weighted by molar-refractivity contribution is 9.10. The van der Waals surface area contributed by atoms with Gasteiger partial charge in [0.25, 0.3) is 5.69 Å². The molecule has 0 aliphatic carbocycles. The van der Waals surface area contributed by atoms with Gasteiger partial charge in [0.2, 0.25) is 12.1 Å². The predicted molar refractivity (Wildman–Crippen MR) is 73.3 cm³/mol. The van der Waals surface area contributed by atoms with Crippen LogP contribution in [0.5, 0.6) is 0 Å². The molecule has 2 unspecified atom stereocenters. The molecule has 2 rings (SSSR count). The van der Waals surface area contributed by atoms with Crippen molar-refractivity contribution in [2.45, 2.75) is 17.7 Å². The fraction of sp³-hybridized carbons (Fsp3) is 0.333. The van der Waals surface area contributed by atoms with Crippen LogP contribution in [0.2, 0.25) is 0 Å². The summed E-state index contributed by atoms with van der Waals surface area (Å²) in [6.07, 6.45) is -1.63. The zero-order valence-electron chi connectivity index (χ0n) is 10.6. The zero-order chi connectivity index (χ0) is 15.6. The Bertz CT molecular complexity index is 576. The van der Waals surface area contributed by atoms with Gasteiger partial charge in [-0.15, -0.1) is 0 Å². The summed E-state index contributed by atoms with van der Waals surface area (Å²) < 4.78 is 4.86. The number of benzene rings is 1. The number of hydrogen-bond donors (Lipinski definition) is 1. The number of nitro groups is 1. The fourth-order valence-electron chi connectivity index (χ4n) is 1.70. The lowest BCUT2D eigenvalue weighted by Gasteiger charge is -2.37. The van der Waals surface area contributed by atoms with Gasteiger partial charge >= 0.3 is 5.97 Å². The molecule has 0 radical (unpaired) electrons. The number of halogens is 1. The average molecular weight is 359 g/mol. The van der Waals surface area contributed by atoms with Gasteiger partial charge < -0.3 is 14.7 Å². The molecule has 1 amide bonds. The highest BCUT2D eigenvalue weighted by Gasteiger charge is 2.41. The van der Waals surface area contributed by atoms with Crippen LogP contribution in [-0.4, -0.2) is 44.4 Å². The number of rotatable bonds is 5. The molecule has 21 heavy (non-hydrogen) atoms. The first kappa shape index (κ1) is 15.4. The Hall–Kier alpha value is -2.00. The van der Waals surface area contributed by atoms with E-state index in [1.54, 1.807) is 0 Å². The van der Waals surface area contributed by atoms with Crippen LogP contribution in [0.15, 0.2) is 24.3 Å². The first-order valence-corrected chi connectivity index (χ1v) is 6.84. The minimum atomic E-state index is -1.63. The summed E-state index contributed by atoms with van der Waals surface area (Å²) in [5, 5.41) is 20.1. The van der Waals surface area contributed by atoms with Crippen LogP contribution in [0, 0.1) is 10.1 Å². The molecule has 0 bridgehead atoms. The average Bonchev–Trinajstić information content (AvgIpc) is 2.49. The number of β-lactam (4-membered cyclic amide) rings is 1. The summed E-state index contributed by atoms with van der Waals surface area (Å²) in [5.41, 5.74) is 0.467. The molecule has 1 N–H and O–H groups in total. The Morgan fingerprint density at radius 3 is 2.62 bits per heavy atom. The Labute approximate surface area is 127 Å². The van der Waals surface area contributed by atoms with Crippen LogP contribution < -0.4 is 0 Å². The molecular weight excluding hydrogens is 348 g/mol. The first-order valence-electron chi connectivity index (χ1n) is 5.92. The second-order valence-corrected chi connectivity index (χ2v) is 5.47. The third kappa shape index (κ3) is 3.37. The normalized spacial score (nSPS) is 18.9. The lowest BCUT2D eigenvalue weighted by molar-refractivity contribution is -0.384. The fourth-order valence-corrected chi connectivity index (χ4v) is 2.27. The van der Waals surface area contributed by atoms with E-state index in [0.717, 1.165) is 4.90 Å². The number of esters is 1. The monoisotopic (exact) mass is 358 g/mol. The lowest BCUT2D eigenvalue weighted by atomic mass is 10.2. The molecule has 8 nitrogen and oxygen atoms in total. The van der Waals surface area contributed by atoms with Gasteiger partial charge in [0.1, 0.15) is 11.4 Å². The van der Waals surface area contributed by atoms with Crippen LogP contribution in [0.4, 0.5) is 5.69 Å². The van der Waals surface area contributed by atoms with Crippen LogP contribution in [-0.2, 0) is 20.9 Å². The Morgan fingerprint density at radius 2 is 2.14 bits per heavy atom. The van der Waals surface area contributed by atoms with Crippen LogP contribution in [0.3, 0.4) is 0 Å². The van der Waals surface area contributed by atoms with Crippen molar-refractivity contribution in [2.75, 3.05) is 6.54 Å². The van der Waals surface area contributed by atoms with E-state index < -0.39 is 17.1 Å². The number of hydrogen-bond acceptors (Lipinski definition) is 6. The highest BCUT2D eigenvalue weighted by atomic mass is 79.9. The number of non-ortho nitro benzene ring substituents is 1. The quantitative estimate of drug-likeness (QED) is 0.271. The molecule has 1 aliphatic heterocycles. The number of amides is 1. The standard InChI is InChI=1S/C12H11BrN2O6/c13-9-5-14(10(9)16)11(17)12(18)21-6-7-1-3-8(4-2-7)15(19)20/h1-4,9,11,17H,5-6H2. The molecule has 1 aromatic carbocycles. The van der Waals surface area contributed by atoms with Crippen molar-refractivity contribution in [3.63, 3.8) is 0 Å². The number of nitro benzene ring substituents is 1. The van der Waals surface area contributed by atoms with Crippen molar-refractivity contribution in [1.29, 1.82) is 0 Å². The van der Waals surface area contributed by atoms with Gasteiger partial charge in [0.05, 0.1) is 4.92 Å². The van der Waals surface area contributed by atoms with E-state index >= 15 is 0 Å². The zero-order valence-corrected chi connectivity index (χ0v) is 12.2. The number of aliphatic hydroxyl groups excluding tert-OH is 1. The van der Waals surface area contributed by atoms with Crippen molar-refractivity contribution >= 4 is 33.5 Å². The number of carbonyl (C=O) groups is 2. The lowest BCUT2D eigenvalue weighted by Crippen LogP contribution is -2.60. The van der Waals surface area contributed by atoms with Gasteiger partial charge in [-0.3, -0.25) is 14.9 Å². The van der Waals surface area contributed by atoms with E-state index in [0.29, 0.717) is 5.56 Å². The molecule has 2 atom stereocenters. The van der Waals surface area contributed by atoms with E-state index in [-0.39, 0.29) is 29.6 Å². The molecule has 112 valence electrons. The molecule has 1 saturated heterocycles. The molecule has 1 aromatic rings. The van der Waals surface area contributed by atoms with E-state index in [9.17, 15) is 24.8 Å². The smallest absolute Gasteiger partial charge is 0.356 e. The minimum Gasteiger partial charge on any atom is -0.457 e. The summed E-state index contributed by atoms with van der Waals surface area (Å²) in [7, 11) is 0. The molecule has 0 aromatic heterocycles. The number of ether oxygens (including phenoxy) is 1. The highest BCUT2D eigenvalue weighted by Crippen LogP contribution is 2.20. The summed E-state index contributed by atoms with van der Waals surface area (Å²) in [6.45, 7) is 0.0836. The Kier molecular flexibility index (Phi) is 4.53. The second-order valence-electron chi connectivity index (χ2n) is 4.36. The number of alkyl halides is 1. The second kappa shape index (κ2) is 6.19. The van der Waals surface area contributed by atoms with Crippen LogP contribution >= 0.6 is 15.9 Å². The molecule has 0 saturated carbocycles. The van der Waals surface area contributed by atoms with Crippen molar-refractivity contribution in [3.05, 3.63) is 39.9 Å². The first-order chi connectivity index (χ1) is 9.90. The third-order valence-electron chi connectivity index (χ3n) is 2.94. The predicted octanol–water partition coefficient (Wildman–Crippen LogP) is 0.562.